The Morgan fingerprint density at radius 3 is 2.00 bits per heavy atom. The Morgan fingerprint density at radius 1 is 1.28 bits per heavy atom. The van der Waals surface area contributed by atoms with Crippen LogP contribution in [0.3, 0.4) is 0 Å². The Morgan fingerprint density at radius 2 is 1.72 bits per heavy atom. The van der Waals surface area contributed by atoms with E-state index < -0.39 is 5.83 Å². The highest BCUT2D eigenvalue weighted by atomic mass is 19.1. The second kappa shape index (κ2) is 15.8. The molecule has 0 aromatic heterocycles. The van der Waals surface area contributed by atoms with Crippen LogP contribution in [0.5, 0.6) is 0 Å². The first-order valence-electron chi connectivity index (χ1n) is 6.55. The lowest BCUT2D eigenvalue weighted by Crippen LogP contribution is -2.18. The van der Waals surface area contributed by atoms with E-state index in [0.717, 1.165) is 13.0 Å². The summed E-state index contributed by atoms with van der Waals surface area (Å²) in [5.74, 6) is -0.337. The fourth-order valence-electron chi connectivity index (χ4n) is 1.04. The molecule has 0 atom stereocenters. The minimum atomic E-state index is -0.460. The van der Waals surface area contributed by atoms with Crippen LogP contribution in [0.4, 0.5) is 4.39 Å². The summed E-state index contributed by atoms with van der Waals surface area (Å²) in [5.41, 5.74) is 0.323. The number of hydrogen-bond acceptors (Lipinski definition) is 2. The van der Waals surface area contributed by atoms with Crippen LogP contribution in [0, 0.1) is 0 Å². The highest BCUT2D eigenvalue weighted by molar-refractivity contribution is 5.28. The number of hydrogen-bond donors (Lipinski definition) is 0. The zero-order valence-corrected chi connectivity index (χ0v) is 13.1. The molecule has 0 fully saturated rings. The number of allylic oxidation sites excluding steroid dienone is 2. The lowest BCUT2D eigenvalue weighted by molar-refractivity contribution is 0.285. The fourth-order valence-corrected chi connectivity index (χ4v) is 1.04. The summed E-state index contributed by atoms with van der Waals surface area (Å²) in [7, 11) is 3.20. The smallest absolute Gasteiger partial charge is 0.187 e. The molecule has 0 rings (SSSR count). The molecular weight excluding hydrogens is 229 g/mol. The van der Waals surface area contributed by atoms with Crippen molar-refractivity contribution in [3.63, 3.8) is 0 Å². The van der Waals surface area contributed by atoms with E-state index in [1.165, 1.54) is 13.2 Å². The summed E-state index contributed by atoms with van der Waals surface area (Å²) in [5, 5.41) is 0. The van der Waals surface area contributed by atoms with E-state index in [-0.39, 0.29) is 5.76 Å². The molecule has 0 aliphatic carbocycles. The van der Waals surface area contributed by atoms with Crippen LogP contribution >= 0.6 is 0 Å². The Hall–Kier alpha value is -1.25. The Bertz CT molecular complexity index is 247. The van der Waals surface area contributed by atoms with Crippen molar-refractivity contribution in [2.75, 3.05) is 20.7 Å². The summed E-state index contributed by atoms with van der Waals surface area (Å²) in [4.78, 5) is 1.75. The monoisotopic (exact) mass is 259 g/mol. The normalized spacial score (nSPS) is 9.78. The van der Waals surface area contributed by atoms with Gasteiger partial charge >= 0.3 is 0 Å². The first-order valence-corrected chi connectivity index (χ1v) is 6.55. The van der Waals surface area contributed by atoms with Crippen LogP contribution in [-0.4, -0.2) is 25.6 Å². The SMILES string of the molecule is C=C/C(OC)=C(/F)C(=C)N(C)CCC.CC.CC. The van der Waals surface area contributed by atoms with Crippen molar-refractivity contribution < 1.29 is 9.13 Å². The summed E-state index contributed by atoms with van der Waals surface area (Å²) >= 11 is 0. The van der Waals surface area contributed by atoms with Crippen LogP contribution in [0.15, 0.2) is 36.5 Å². The van der Waals surface area contributed by atoms with Gasteiger partial charge in [-0.05, 0) is 12.5 Å². The minimum Gasteiger partial charge on any atom is -0.494 e. The van der Waals surface area contributed by atoms with E-state index in [1.54, 1.807) is 11.9 Å². The van der Waals surface area contributed by atoms with Crippen molar-refractivity contribution in [2.45, 2.75) is 41.0 Å². The quantitative estimate of drug-likeness (QED) is 0.496. The number of likely N-dealkylation sites (N-methyl/N-ethyl adjacent to an activating group) is 1. The summed E-state index contributed by atoms with van der Waals surface area (Å²) in [6, 6.07) is 0. The molecule has 0 unspecified atom stereocenters. The molecule has 0 radical (unpaired) electrons. The van der Waals surface area contributed by atoms with Gasteiger partial charge < -0.3 is 9.64 Å². The second-order valence-corrected chi connectivity index (χ2v) is 2.95. The van der Waals surface area contributed by atoms with Crippen molar-refractivity contribution in [1.29, 1.82) is 0 Å². The molecule has 0 spiro atoms. The Labute approximate surface area is 113 Å². The first kappa shape index (κ1) is 22.0. The third-order valence-corrected chi connectivity index (χ3v) is 1.89. The van der Waals surface area contributed by atoms with Crippen LogP contribution < -0.4 is 0 Å². The van der Waals surface area contributed by atoms with E-state index in [9.17, 15) is 4.39 Å². The van der Waals surface area contributed by atoms with E-state index in [1.807, 2.05) is 34.6 Å². The predicted molar refractivity (Wildman–Crippen MR) is 80.1 cm³/mol. The van der Waals surface area contributed by atoms with E-state index in [4.69, 9.17) is 4.74 Å². The maximum atomic E-state index is 13.6. The van der Waals surface area contributed by atoms with Gasteiger partial charge in [-0.1, -0.05) is 47.8 Å². The van der Waals surface area contributed by atoms with Gasteiger partial charge in [0.25, 0.3) is 0 Å². The van der Waals surface area contributed by atoms with Crippen molar-refractivity contribution >= 4 is 0 Å². The largest absolute Gasteiger partial charge is 0.494 e. The molecule has 0 amide bonds. The number of ether oxygens (including phenoxy) is 1. The third-order valence-electron chi connectivity index (χ3n) is 1.89. The van der Waals surface area contributed by atoms with Crippen LogP contribution in [0.1, 0.15) is 41.0 Å². The van der Waals surface area contributed by atoms with Gasteiger partial charge in [0.1, 0.15) is 0 Å². The van der Waals surface area contributed by atoms with Gasteiger partial charge in [-0.2, -0.15) is 0 Å². The molecule has 18 heavy (non-hydrogen) atoms. The molecule has 0 aliphatic heterocycles. The molecule has 0 aromatic carbocycles. The maximum absolute atomic E-state index is 13.6. The zero-order chi connectivity index (χ0) is 15.1. The Balaban J connectivity index is -0.000000506. The zero-order valence-electron chi connectivity index (χ0n) is 13.1. The van der Waals surface area contributed by atoms with E-state index >= 15 is 0 Å². The van der Waals surface area contributed by atoms with Gasteiger partial charge in [-0.25, -0.2) is 4.39 Å². The standard InChI is InChI=1S/C11H18FNO.2C2H6/c1-6-8-13(4)9(3)11(12)10(7-2)14-5;2*1-2/h7H,2-3,6,8H2,1,4-5H3;2*1-2H3/b11-10-;;. The average Bonchev–Trinajstić information content (AvgIpc) is 2.43. The van der Waals surface area contributed by atoms with Gasteiger partial charge in [0.15, 0.2) is 11.6 Å². The molecule has 0 bridgehead atoms. The molecule has 0 saturated heterocycles. The highest BCUT2D eigenvalue weighted by Crippen LogP contribution is 2.18. The van der Waals surface area contributed by atoms with Gasteiger partial charge in [-0.15, -0.1) is 0 Å². The minimum absolute atomic E-state index is 0.123. The lowest BCUT2D eigenvalue weighted by Gasteiger charge is -2.20. The second-order valence-electron chi connectivity index (χ2n) is 2.95. The van der Waals surface area contributed by atoms with Crippen molar-refractivity contribution in [2.24, 2.45) is 0 Å². The van der Waals surface area contributed by atoms with Gasteiger partial charge in [-0.3, -0.25) is 0 Å². The molecule has 0 aromatic rings. The number of nitrogens with zero attached hydrogens (tertiary/aromatic N) is 1. The van der Waals surface area contributed by atoms with Crippen molar-refractivity contribution in [1.82, 2.24) is 4.90 Å². The van der Waals surface area contributed by atoms with E-state index in [2.05, 4.69) is 13.2 Å². The number of methoxy groups -OCH3 is 1. The van der Waals surface area contributed by atoms with Crippen LogP contribution in [0.2, 0.25) is 0 Å². The molecule has 108 valence electrons. The number of rotatable bonds is 6. The molecule has 0 N–H and O–H groups in total. The summed E-state index contributed by atoms with van der Waals surface area (Å²) < 4.78 is 18.4. The Kier molecular flexibility index (Phi) is 19.2. The summed E-state index contributed by atoms with van der Waals surface area (Å²) in [6.45, 7) is 17.9. The fraction of sp³-hybridized carbons (Fsp3) is 0.600. The molecule has 2 nitrogen and oxygen atoms in total. The third kappa shape index (κ3) is 8.85. The topological polar surface area (TPSA) is 12.5 Å². The van der Waals surface area contributed by atoms with Gasteiger partial charge in [0.2, 0.25) is 0 Å². The van der Waals surface area contributed by atoms with Gasteiger partial charge in [0.05, 0.1) is 12.8 Å². The molecular formula is C15H30FNO. The molecule has 0 saturated carbocycles. The molecule has 0 aliphatic rings. The first-order chi connectivity index (χ1) is 8.58. The molecule has 0 heterocycles. The summed E-state index contributed by atoms with van der Waals surface area (Å²) in [6.07, 6.45) is 2.28. The van der Waals surface area contributed by atoms with Gasteiger partial charge in [0, 0.05) is 13.6 Å². The maximum Gasteiger partial charge on any atom is 0.187 e. The lowest BCUT2D eigenvalue weighted by atomic mass is 10.3. The highest BCUT2D eigenvalue weighted by Gasteiger charge is 2.11. The van der Waals surface area contributed by atoms with Crippen molar-refractivity contribution in [3.05, 3.63) is 36.5 Å². The average molecular weight is 259 g/mol. The van der Waals surface area contributed by atoms with Crippen molar-refractivity contribution in [3.8, 4) is 0 Å². The van der Waals surface area contributed by atoms with E-state index in [0.29, 0.717) is 5.70 Å². The predicted octanol–water partition coefficient (Wildman–Crippen LogP) is 4.91. The molecule has 3 heteroatoms. The van der Waals surface area contributed by atoms with Crippen LogP contribution in [0.25, 0.3) is 0 Å². The van der Waals surface area contributed by atoms with Crippen LogP contribution in [-0.2, 0) is 4.74 Å². The number of halogens is 1.